The van der Waals surface area contributed by atoms with Gasteiger partial charge >= 0.3 is 0 Å². The predicted molar refractivity (Wildman–Crippen MR) is 117 cm³/mol. The third kappa shape index (κ3) is 4.26. The summed E-state index contributed by atoms with van der Waals surface area (Å²) in [5.41, 5.74) is 3.08. The molecule has 0 atom stereocenters. The standard InChI is InChI=1S/C22H24ClN5/c1-16-14-18(23)8-9-19(16)24-20-15-21(28-12-10-27(2)11-13-28)26-22(25-20)17-6-4-3-5-7-17/h3-9,14-15H,10-13H2,1-2H3,(H,24,25,26). The summed E-state index contributed by atoms with van der Waals surface area (Å²) in [4.78, 5) is 14.3. The Bertz CT molecular complexity index is 952. The molecule has 0 unspecified atom stereocenters. The van der Waals surface area contributed by atoms with Gasteiger partial charge in [0.25, 0.3) is 0 Å². The second kappa shape index (κ2) is 8.17. The van der Waals surface area contributed by atoms with E-state index in [0.717, 1.165) is 65.5 Å². The molecule has 0 radical (unpaired) electrons. The summed E-state index contributed by atoms with van der Waals surface area (Å²) in [6.07, 6.45) is 0. The Morgan fingerprint density at radius 2 is 1.68 bits per heavy atom. The minimum atomic E-state index is 0.728. The number of benzene rings is 2. The molecule has 0 amide bonds. The maximum atomic E-state index is 6.10. The molecule has 5 nitrogen and oxygen atoms in total. The lowest BCUT2D eigenvalue weighted by Crippen LogP contribution is -2.44. The first-order valence-corrected chi connectivity index (χ1v) is 9.87. The summed E-state index contributed by atoms with van der Waals surface area (Å²) < 4.78 is 0. The van der Waals surface area contributed by atoms with Gasteiger partial charge in [0, 0.05) is 48.5 Å². The Hall–Kier alpha value is -2.63. The second-order valence-corrected chi connectivity index (χ2v) is 7.61. The first-order valence-electron chi connectivity index (χ1n) is 9.50. The van der Waals surface area contributed by atoms with Gasteiger partial charge in [-0.05, 0) is 37.7 Å². The van der Waals surface area contributed by atoms with Crippen molar-refractivity contribution in [3.05, 3.63) is 65.2 Å². The van der Waals surface area contributed by atoms with Crippen molar-refractivity contribution in [1.82, 2.24) is 14.9 Å². The number of likely N-dealkylation sites (N-methyl/N-ethyl adjacent to an activating group) is 1. The van der Waals surface area contributed by atoms with Crippen molar-refractivity contribution in [3.8, 4) is 11.4 Å². The first kappa shape index (κ1) is 18.7. The number of nitrogens with one attached hydrogen (secondary N) is 1. The van der Waals surface area contributed by atoms with E-state index in [2.05, 4.69) is 22.2 Å². The second-order valence-electron chi connectivity index (χ2n) is 7.18. The van der Waals surface area contributed by atoms with Crippen LogP contribution in [0.25, 0.3) is 11.4 Å². The Balaban J connectivity index is 1.71. The molecule has 4 rings (SSSR count). The molecular weight excluding hydrogens is 370 g/mol. The van der Waals surface area contributed by atoms with E-state index in [4.69, 9.17) is 21.6 Å². The monoisotopic (exact) mass is 393 g/mol. The minimum Gasteiger partial charge on any atom is -0.354 e. The molecule has 0 spiro atoms. The van der Waals surface area contributed by atoms with Crippen LogP contribution < -0.4 is 10.2 Å². The first-order chi connectivity index (χ1) is 13.6. The number of hydrogen-bond acceptors (Lipinski definition) is 5. The van der Waals surface area contributed by atoms with E-state index in [1.165, 1.54) is 0 Å². The van der Waals surface area contributed by atoms with E-state index in [9.17, 15) is 0 Å². The molecule has 1 saturated heterocycles. The number of anilines is 3. The molecule has 0 saturated carbocycles. The number of hydrogen-bond donors (Lipinski definition) is 1. The van der Waals surface area contributed by atoms with Gasteiger partial charge in [-0.3, -0.25) is 0 Å². The normalized spacial score (nSPS) is 14.9. The molecule has 0 aliphatic carbocycles. The van der Waals surface area contributed by atoms with Crippen molar-refractivity contribution >= 4 is 28.9 Å². The highest BCUT2D eigenvalue weighted by Gasteiger charge is 2.18. The number of rotatable bonds is 4. The van der Waals surface area contributed by atoms with Crippen LogP contribution in [-0.2, 0) is 0 Å². The van der Waals surface area contributed by atoms with Crippen molar-refractivity contribution in [2.45, 2.75) is 6.92 Å². The van der Waals surface area contributed by atoms with Crippen LogP contribution in [0.15, 0.2) is 54.6 Å². The van der Waals surface area contributed by atoms with E-state index < -0.39 is 0 Å². The van der Waals surface area contributed by atoms with Crippen molar-refractivity contribution in [2.75, 3.05) is 43.4 Å². The lowest BCUT2D eigenvalue weighted by atomic mass is 10.2. The zero-order valence-electron chi connectivity index (χ0n) is 16.2. The van der Waals surface area contributed by atoms with Gasteiger partial charge in [0.15, 0.2) is 5.82 Å². The van der Waals surface area contributed by atoms with Gasteiger partial charge < -0.3 is 15.1 Å². The molecule has 2 heterocycles. The lowest BCUT2D eigenvalue weighted by molar-refractivity contribution is 0.312. The summed E-state index contributed by atoms with van der Waals surface area (Å²) in [5, 5.41) is 4.18. The van der Waals surface area contributed by atoms with Crippen molar-refractivity contribution < 1.29 is 0 Å². The zero-order valence-corrected chi connectivity index (χ0v) is 16.9. The molecule has 1 N–H and O–H groups in total. The van der Waals surface area contributed by atoms with E-state index >= 15 is 0 Å². The van der Waals surface area contributed by atoms with Gasteiger partial charge in [0.1, 0.15) is 11.6 Å². The number of nitrogens with zero attached hydrogens (tertiary/aromatic N) is 4. The fourth-order valence-corrected chi connectivity index (χ4v) is 3.54. The Morgan fingerprint density at radius 1 is 0.929 bits per heavy atom. The average Bonchev–Trinajstić information content (AvgIpc) is 2.71. The third-order valence-electron chi connectivity index (χ3n) is 5.02. The molecule has 1 aliphatic rings. The van der Waals surface area contributed by atoms with Crippen LogP contribution in [0.2, 0.25) is 5.02 Å². The molecule has 2 aromatic carbocycles. The summed E-state index contributed by atoms with van der Waals surface area (Å²) in [5.74, 6) is 2.47. The zero-order chi connectivity index (χ0) is 19.5. The van der Waals surface area contributed by atoms with Crippen molar-refractivity contribution in [3.63, 3.8) is 0 Å². The highest BCUT2D eigenvalue weighted by molar-refractivity contribution is 6.30. The number of piperazine rings is 1. The van der Waals surface area contributed by atoms with E-state index in [1.807, 2.05) is 61.5 Å². The Labute approximate surface area is 171 Å². The maximum absolute atomic E-state index is 6.10. The molecule has 6 heteroatoms. The lowest BCUT2D eigenvalue weighted by Gasteiger charge is -2.33. The fraction of sp³-hybridized carbons (Fsp3) is 0.273. The summed E-state index contributed by atoms with van der Waals surface area (Å²) >= 11 is 6.10. The molecule has 28 heavy (non-hydrogen) atoms. The van der Waals surface area contributed by atoms with Crippen LogP contribution in [0.5, 0.6) is 0 Å². The van der Waals surface area contributed by atoms with Crippen LogP contribution in [-0.4, -0.2) is 48.1 Å². The van der Waals surface area contributed by atoms with Crippen LogP contribution in [0, 0.1) is 6.92 Å². The van der Waals surface area contributed by atoms with Crippen LogP contribution in [0.4, 0.5) is 17.3 Å². The Kier molecular flexibility index (Phi) is 5.46. The van der Waals surface area contributed by atoms with Gasteiger partial charge in [-0.1, -0.05) is 41.9 Å². The van der Waals surface area contributed by atoms with Gasteiger partial charge in [0.05, 0.1) is 0 Å². The number of aromatic nitrogens is 2. The minimum absolute atomic E-state index is 0.728. The summed E-state index contributed by atoms with van der Waals surface area (Å²) in [6, 6.07) is 18.0. The van der Waals surface area contributed by atoms with Gasteiger partial charge in [0.2, 0.25) is 0 Å². The summed E-state index contributed by atoms with van der Waals surface area (Å²) in [7, 11) is 2.16. The largest absolute Gasteiger partial charge is 0.354 e. The SMILES string of the molecule is Cc1cc(Cl)ccc1Nc1cc(N2CCN(C)CC2)nc(-c2ccccc2)n1. The van der Waals surface area contributed by atoms with Crippen LogP contribution >= 0.6 is 11.6 Å². The number of halogens is 1. The fourth-order valence-electron chi connectivity index (χ4n) is 3.32. The molecule has 1 aliphatic heterocycles. The van der Waals surface area contributed by atoms with E-state index in [-0.39, 0.29) is 0 Å². The molecular formula is C22H24ClN5. The van der Waals surface area contributed by atoms with Crippen LogP contribution in [0.1, 0.15) is 5.56 Å². The average molecular weight is 394 g/mol. The van der Waals surface area contributed by atoms with Gasteiger partial charge in [-0.2, -0.15) is 0 Å². The number of aryl methyl sites for hydroxylation is 1. The summed E-state index contributed by atoms with van der Waals surface area (Å²) in [6.45, 7) is 6.02. The molecule has 1 fully saturated rings. The Morgan fingerprint density at radius 3 is 2.39 bits per heavy atom. The van der Waals surface area contributed by atoms with Crippen molar-refractivity contribution in [2.24, 2.45) is 0 Å². The molecule has 1 aromatic heterocycles. The highest BCUT2D eigenvalue weighted by Crippen LogP contribution is 2.27. The van der Waals surface area contributed by atoms with Gasteiger partial charge in [-0.15, -0.1) is 0 Å². The highest BCUT2D eigenvalue weighted by atomic mass is 35.5. The van der Waals surface area contributed by atoms with E-state index in [1.54, 1.807) is 0 Å². The topological polar surface area (TPSA) is 44.3 Å². The molecule has 0 bridgehead atoms. The maximum Gasteiger partial charge on any atom is 0.163 e. The quantitative estimate of drug-likeness (QED) is 0.701. The van der Waals surface area contributed by atoms with E-state index in [0.29, 0.717) is 0 Å². The third-order valence-corrected chi connectivity index (χ3v) is 5.26. The van der Waals surface area contributed by atoms with Crippen LogP contribution in [0.3, 0.4) is 0 Å². The molecule has 3 aromatic rings. The molecule has 144 valence electrons. The predicted octanol–water partition coefficient (Wildman–Crippen LogP) is 4.60. The van der Waals surface area contributed by atoms with Crippen molar-refractivity contribution in [1.29, 1.82) is 0 Å². The van der Waals surface area contributed by atoms with Gasteiger partial charge in [-0.25, -0.2) is 9.97 Å². The smallest absolute Gasteiger partial charge is 0.163 e.